The molecule has 1 aromatic heterocycles. The fourth-order valence-electron chi connectivity index (χ4n) is 2.24. The van der Waals surface area contributed by atoms with Gasteiger partial charge in [-0.05, 0) is 38.1 Å². The van der Waals surface area contributed by atoms with Crippen LogP contribution in [0.5, 0.6) is 0 Å². The van der Waals surface area contributed by atoms with Crippen LogP contribution in [0.15, 0.2) is 53.4 Å². The molecular formula is C16H16N2O2S. The number of imidazole rings is 1. The highest BCUT2D eigenvalue weighted by Crippen LogP contribution is 2.28. The summed E-state index contributed by atoms with van der Waals surface area (Å²) in [5.74, 6) is 0.469. The fraction of sp³-hybridized carbons (Fsp3) is 0.188. The minimum Gasteiger partial charge on any atom is -0.341 e. The first kappa shape index (κ1) is 13.8. The Balaban J connectivity index is 2.03. The van der Waals surface area contributed by atoms with Gasteiger partial charge >= 0.3 is 0 Å². The minimum atomic E-state index is -3.45. The summed E-state index contributed by atoms with van der Waals surface area (Å²) >= 11 is 0. The number of aromatic nitrogens is 2. The lowest BCUT2D eigenvalue weighted by atomic mass is 10.2. The highest BCUT2D eigenvalue weighted by molar-refractivity contribution is 7.91. The van der Waals surface area contributed by atoms with E-state index in [1.165, 1.54) is 0 Å². The maximum absolute atomic E-state index is 12.7. The first-order chi connectivity index (χ1) is 9.98. The van der Waals surface area contributed by atoms with E-state index in [9.17, 15) is 8.42 Å². The Kier molecular flexibility index (Phi) is 3.29. The Labute approximate surface area is 123 Å². The van der Waals surface area contributed by atoms with Gasteiger partial charge in [-0.2, -0.15) is 0 Å². The molecule has 1 heterocycles. The predicted octanol–water partition coefficient (Wildman–Crippen LogP) is 3.41. The molecular weight excluding hydrogens is 284 g/mol. The van der Waals surface area contributed by atoms with E-state index < -0.39 is 15.1 Å². The van der Waals surface area contributed by atoms with Crippen LogP contribution in [0.25, 0.3) is 11.0 Å². The summed E-state index contributed by atoms with van der Waals surface area (Å²) in [4.78, 5) is 7.80. The topological polar surface area (TPSA) is 62.8 Å². The van der Waals surface area contributed by atoms with Crippen LogP contribution in [0.1, 0.15) is 23.6 Å². The number of hydrogen-bond acceptors (Lipinski definition) is 3. The van der Waals surface area contributed by atoms with Gasteiger partial charge in [0.1, 0.15) is 11.1 Å². The molecule has 0 bridgehead atoms. The molecule has 0 amide bonds. The van der Waals surface area contributed by atoms with Crippen molar-refractivity contribution < 1.29 is 8.42 Å². The molecule has 2 aromatic carbocycles. The largest absolute Gasteiger partial charge is 0.341 e. The fourth-order valence-corrected chi connectivity index (χ4v) is 3.57. The summed E-state index contributed by atoms with van der Waals surface area (Å²) in [6, 6.07) is 14.4. The number of H-pyrrole nitrogens is 1. The Hall–Kier alpha value is -2.14. The zero-order valence-electron chi connectivity index (χ0n) is 11.9. The number of nitrogens with zero attached hydrogens (tertiary/aromatic N) is 1. The van der Waals surface area contributed by atoms with Crippen molar-refractivity contribution in [3.63, 3.8) is 0 Å². The van der Waals surface area contributed by atoms with Gasteiger partial charge in [0.25, 0.3) is 0 Å². The van der Waals surface area contributed by atoms with Crippen molar-refractivity contribution in [2.24, 2.45) is 0 Å². The van der Waals surface area contributed by atoms with Gasteiger partial charge in [-0.3, -0.25) is 0 Å². The van der Waals surface area contributed by atoms with E-state index >= 15 is 0 Å². The van der Waals surface area contributed by atoms with E-state index in [0.29, 0.717) is 10.7 Å². The van der Waals surface area contributed by atoms with Gasteiger partial charge in [0.2, 0.25) is 0 Å². The Morgan fingerprint density at radius 2 is 1.71 bits per heavy atom. The maximum Gasteiger partial charge on any atom is 0.188 e. The van der Waals surface area contributed by atoms with Crippen molar-refractivity contribution in [2.75, 3.05) is 0 Å². The van der Waals surface area contributed by atoms with Crippen LogP contribution < -0.4 is 0 Å². The minimum absolute atomic E-state index is 0.320. The van der Waals surface area contributed by atoms with Crippen LogP contribution in [0, 0.1) is 6.92 Å². The number of nitrogens with one attached hydrogen (secondary N) is 1. The standard InChI is InChI=1S/C16H16N2O2S/c1-11-7-9-13(10-8-11)21(19,20)12(2)16-17-14-5-3-4-6-15(14)18-16/h3-10,12H,1-2H3,(H,17,18). The van der Waals surface area contributed by atoms with Gasteiger partial charge in [-0.15, -0.1) is 0 Å². The lowest BCUT2D eigenvalue weighted by Gasteiger charge is -2.10. The van der Waals surface area contributed by atoms with E-state index in [-0.39, 0.29) is 0 Å². The van der Waals surface area contributed by atoms with Crippen molar-refractivity contribution in [1.29, 1.82) is 0 Å². The van der Waals surface area contributed by atoms with Gasteiger partial charge < -0.3 is 4.98 Å². The second-order valence-corrected chi connectivity index (χ2v) is 7.41. The van der Waals surface area contributed by atoms with Crippen LogP contribution in [-0.2, 0) is 9.84 Å². The molecule has 0 spiro atoms. The molecule has 21 heavy (non-hydrogen) atoms. The molecule has 3 rings (SSSR count). The molecule has 0 saturated carbocycles. The number of aryl methyl sites for hydroxylation is 1. The average molecular weight is 300 g/mol. The van der Waals surface area contributed by atoms with Gasteiger partial charge in [0.05, 0.1) is 15.9 Å². The highest BCUT2D eigenvalue weighted by atomic mass is 32.2. The first-order valence-electron chi connectivity index (χ1n) is 6.74. The highest BCUT2D eigenvalue weighted by Gasteiger charge is 2.27. The van der Waals surface area contributed by atoms with E-state index in [1.54, 1.807) is 31.2 Å². The summed E-state index contributed by atoms with van der Waals surface area (Å²) in [5, 5.41) is -0.715. The molecule has 0 radical (unpaired) electrons. The van der Waals surface area contributed by atoms with E-state index in [2.05, 4.69) is 9.97 Å². The molecule has 0 fully saturated rings. The van der Waals surface area contributed by atoms with Crippen LogP contribution in [0.4, 0.5) is 0 Å². The Morgan fingerprint density at radius 1 is 1.05 bits per heavy atom. The van der Waals surface area contributed by atoms with Gasteiger partial charge in [-0.1, -0.05) is 29.8 Å². The van der Waals surface area contributed by atoms with Gasteiger partial charge in [0, 0.05) is 0 Å². The van der Waals surface area contributed by atoms with E-state index in [4.69, 9.17) is 0 Å². The summed E-state index contributed by atoms with van der Waals surface area (Å²) < 4.78 is 25.3. The first-order valence-corrected chi connectivity index (χ1v) is 8.28. The van der Waals surface area contributed by atoms with Crippen molar-refractivity contribution in [3.8, 4) is 0 Å². The third kappa shape index (κ3) is 2.45. The van der Waals surface area contributed by atoms with Crippen LogP contribution in [0.3, 0.4) is 0 Å². The summed E-state index contributed by atoms with van der Waals surface area (Å²) in [5.41, 5.74) is 2.65. The number of aromatic amines is 1. The molecule has 0 aliphatic carbocycles. The number of sulfone groups is 1. The maximum atomic E-state index is 12.7. The number of benzene rings is 2. The van der Waals surface area contributed by atoms with Crippen LogP contribution in [0.2, 0.25) is 0 Å². The predicted molar refractivity (Wildman–Crippen MR) is 82.9 cm³/mol. The third-order valence-electron chi connectivity index (χ3n) is 3.61. The molecule has 4 nitrogen and oxygen atoms in total. The Morgan fingerprint density at radius 3 is 2.38 bits per heavy atom. The smallest absolute Gasteiger partial charge is 0.188 e. The molecule has 3 aromatic rings. The lowest BCUT2D eigenvalue weighted by Crippen LogP contribution is -2.12. The summed E-state index contributed by atoms with van der Waals surface area (Å²) in [6.45, 7) is 3.59. The second-order valence-electron chi connectivity index (χ2n) is 5.14. The zero-order valence-corrected chi connectivity index (χ0v) is 12.7. The quantitative estimate of drug-likeness (QED) is 0.806. The van der Waals surface area contributed by atoms with Crippen molar-refractivity contribution in [2.45, 2.75) is 24.0 Å². The van der Waals surface area contributed by atoms with Crippen molar-refractivity contribution >= 4 is 20.9 Å². The number of hydrogen-bond donors (Lipinski definition) is 1. The zero-order chi connectivity index (χ0) is 15.0. The molecule has 108 valence electrons. The monoisotopic (exact) mass is 300 g/mol. The Bertz CT molecular complexity index is 847. The number of fused-ring (bicyclic) bond motifs is 1. The number of rotatable bonds is 3. The van der Waals surface area contributed by atoms with Crippen molar-refractivity contribution in [1.82, 2.24) is 9.97 Å². The summed E-state index contributed by atoms with van der Waals surface area (Å²) in [6.07, 6.45) is 0. The van der Waals surface area contributed by atoms with Crippen LogP contribution >= 0.6 is 0 Å². The molecule has 0 aliphatic heterocycles. The SMILES string of the molecule is Cc1ccc(S(=O)(=O)C(C)c2nc3ccccc3[nH]2)cc1. The molecule has 0 saturated heterocycles. The van der Waals surface area contributed by atoms with Crippen LogP contribution in [-0.4, -0.2) is 18.4 Å². The van der Waals surface area contributed by atoms with Crippen molar-refractivity contribution in [3.05, 3.63) is 59.9 Å². The van der Waals surface area contributed by atoms with Gasteiger partial charge in [0.15, 0.2) is 9.84 Å². The average Bonchev–Trinajstić information content (AvgIpc) is 2.90. The molecule has 1 atom stereocenters. The lowest BCUT2D eigenvalue weighted by molar-refractivity contribution is 0.584. The number of para-hydroxylation sites is 2. The second kappa shape index (κ2) is 5.00. The molecule has 5 heteroatoms. The van der Waals surface area contributed by atoms with E-state index in [1.807, 2.05) is 31.2 Å². The summed E-state index contributed by atoms with van der Waals surface area (Å²) in [7, 11) is -3.45. The third-order valence-corrected chi connectivity index (χ3v) is 5.69. The van der Waals surface area contributed by atoms with Gasteiger partial charge in [-0.25, -0.2) is 13.4 Å². The molecule has 1 N–H and O–H groups in total. The normalized spacial score (nSPS) is 13.4. The molecule has 0 aliphatic rings. The molecule has 1 unspecified atom stereocenters. The van der Waals surface area contributed by atoms with E-state index in [0.717, 1.165) is 16.6 Å².